The number of amides is 1. The first-order valence-corrected chi connectivity index (χ1v) is 10.4. The van der Waals surface area contributed by atoms with E-state index >= 15 is 0 Å². The number of para-hydroxylation sites is 1. The number of guanidine groups is 1. The third-order valence-electron chi connectivity index (χ3n) is 4.53. The molecule has 1 aliphatic heterocycles. The lowest BCUT2D eigenvalue weighted by atomic mass is 9.90. The molecule has 9 heteroatoms. The molecule has 3 rings (SSSR count). The fourth-order valence-electron chi connectivity index (χ4n) is 3.14. The van der Waals surface area contributed by atoms with Gasteiger partial charge >= 0.3 is 0 Å². The Labute approximate surface area is 164 Å². The second kappa shape index (κ2) is 8.41. The Hall–Kier alpha value is -2.91. The Kier molecular flexibility index (Phi) is 5.96. The van der Waals surface area contributed by atoms with Gasteiger partial charge in [0, 0.05) is 38.2 Å². The molecule has 2 aromatic carbocycles. The van der Waals surface area contributed by atoms with E-state index in [-0.39, 0.29) is 16.7 Å². The first-order valence-electron chi connectivity index (χ1n) is 8.82. The summed E-state index contributed by atoms with van der Waals surface area (Å²) in [6.45, 7) is 0.923. The normalized spacial score (nSPS) is 16.9. The molecule has 2 aromatic rings. The summed E-state index contributed by atoms with van der Waals surface area (Å²) in [4.78, 5) is 16.2. The number of sulfonamides is 1. The summed E-state index contributed by atoms with van der Waals surface area (Å²) in [5, 5.41) is 14.4. The van der Waals surface area contributed by atoms with Crippen molar-refractivity contribution in [2.75, 3.05) is 18.9 Å². The number of carbonyl (C=O) groups excluding carboxylic acids is 1. The standard InChI is InChI=1S/C19H23N5O3S/c1-21-19(22-11-13-5-4-6-15(9-13)28(20,26)27)23-12-14-10-18(25)24-17-8-3-2-7-16(14)17/h2-9,14H,10-12H2,1H3,(H,24,25)(H2,20,26,27)(H2,21,22,23). The fourth-order valence-corrected chi connectivity index (χ4v) is 3.73. The predicted octanol–water partition coefficient (Wildman–Crippen LogP) is 1.13. The van der Waals surface area contributed by atoms with Crippen LogP contribution in [0.2, 0.25) is 0 Å². The smallest absolute Gasteiger partial charge is 0.238 e. The van der Waals surface area contributed by atoms with Crippen molar-refractivity contribution >= 4 is 27.6 Å². The number of hydrogen-bond donors (Lipinski definition) is 4. The highest BCUT2D eigenvalue weighted by atomic mass is 32.2. The van der Waals surface area contributed by atoms with Crippen molar-refractivity contribution in [2.24, 2.45) is 10.1 Å². The maximum atomic E-state index is 11.9. The van der Waals surface area contributed by atoms with E-state index in [9.17, 15) is 13.2 Å². The van der Waals surface area contributed by atoms with Crippen LogP contribution in [-0.4, -0.2) is 33.9 Å². The quantitative estimate of drug-likeness (QED) is 0.441. The van der Waals surface area contributed by atoms with Gasteiger partial charge in [-0.1, -0.05) is 30.3 Å². The summed E-state index contributed by atoms with van der Waals surface area (Å²) >= 11 is 0. The average Bonchev–Trinajstić information content (AvgIpc) is 2.67. The summed E-state index contributed by atoms with van der Waals surface area (Å²) in [7, 11) is -2.09. The van der Waals surface area contributed by atoms with Crippen LogP contribution in [0.1, 0.15) is 23.5 Å². The molecule has 8 nitrogen and oxygen atoms in total. The largest absolute Gasteiger partial charge is 0.356 e. The third kappa shape index (κ3) is 4.87. The van der Waals surface area contributed by atoms with Crippen molar-refractivity contribution in [3.63, 3.8) is 0 Å². The van der Waals surface area contributed by atoms with Gasteiger partial charge in [0.25, 0.3) is 0 Å². The molecule has 1 amide bonds. The predicted molar refractivity (Wildman–Crippen MR) is 108 cm³/mol. The number of fused-ring (bicyclic) bond motifs is 1. The summed E-state index contributed by atoms with van der Waals surface area (Å²) in [6.07, 6.45) is 0.400. The number of anilines is 1. The molecule has 0 aromatic heterocycles. The molecule has 1 aliphatic rings. The molecule has 5 N–H and O–H groups in total. The Morgan fingerprint density at radius 1 is 1.21 bits per heavy atom. The zero-order chi connectivity index (χ0) is 20.1. The van der Waals surface area contributed by atoms with Crippen LogP contribution in [-0.2, 0) is 21.4 Å². The number of primary sulfonamides is 1. The second-order valence-electron chi connectivity index (χ2n) is 6.54. The van der Waals surface area contributed by atoms with Gasteiger partial charge in [-0.15, -0.1) is 0 Å². The number of nitrogens with zero attached hydrogens (tertiary/aromatic N) is 1. The molecule has 1 heterocycles. The molecular weight excluding hydrogens is 378 g/mol. The van der Waals surface area contributed by atoms with E-state index in [0.717, 1.165) is 16.8 Å². The third-order valence-corrected chi connectivity index (χ3v) is 5.44. The lowest BCUT2D eigenvalue weighted by molar-refractivity contribution is -0.116. The Morgan fingerprint density at radius 2 is 2.00 bits per heavy atom. The topological polar surface area (TPSA) is 126 Å². The summed E-state index contributed by atoms with van der Waals surface area (Å²) < 4.78 is 22.9. The van der Waals surface area contributed by atoms with Gasteiger partial charge in [-0.05, 0) is 29.3 Å². The second-order valence-corrected chi connectivity index (χ2v) is 8.10. The number of carbonyl (C=O) groups is 1. The van der Waals surface area contributed by atoms with Crippen LogP contribution in [0.25, 0.3) is 0 Å². The average molecular weight is 401 g/mol. The molecule has 0 fully saturated rings. The molecule has 28 heavy (non-hydrogen) atoms. The van der Waals surface area contributed by atoms with E-state index < -0.39 is 10.0 Å². The van der Waals surface area contributed by atoms with E-state index in [1.54, 1.807) is 19.2 Å². The highest BCUT2D eigenvalue weighted by Gasteiger charge is 2.24. The van der Waals surface area contributed by atoms with E-state index in [1.165, 1.54) is 12.1 Å². The lowest BCUT2D eigenvalue weighted by Gasteiger charge is -2.26. The minimum absolute atomic E-state index is 0.00625. The summed E-state index contributed by atoms with van der Waals surface area (Å²) in [5.41, 5.74) is 2.69. The van der Waals surface area contributed by atoms with Crippen LogP contribution in [0.15, 0.2) is 58.4 Å². The van der Waals surface area contributed by atoms with Gasteiger partial charge in [0.2, 0.25) is 15.9 Å². The fraction of sp³-hybridized carbons (Fsp3) is 0.263. The molecule has 148 valence electrons. The van der Waals surface area contributed by atoms with Gasteiger partial charge in [-0.3, -0.25) is 9.79 Å². The lowest BCUT2D eigenvalue weighted by Crippen LogP contribution is -2.40. The molecule has 0 spiro atoms. The number of aliphatic imine (C=N–C) groups is 1. The van der Waals surface area contributed by atoms with Crippen LogP contribution in [0.5, 0.6) is 0 Å². The summed E-state index contributed by atoms with van der Waals surface area (Å²) in [5.74, 6) is 0.590. The molecule has 0 saturated heterocycles. The highest BCUT2D eigenvalue weighted by molar-refractivity contribution is 7.89. The zero-order valence-electron chi connectivity index (χ0n) is 15.5. The first-order chi connectivity index (χ1) is 13.4. The number of rotatable bonds is 5. The van der Waals surface area contributed by atoms with E-state index in [1.807, 2.05) is 24.3 Å². The van der Waals surface area contributed by atoms with Crippen LogP contribution in [0.3, 0.4) is 0 Å². The van der Waals surface area contributed by atoms with Gasteiger partial charge in [-0.25, -0.2) is 13.6 Å². The van der Waals surface area contributed by atoms with Crippen molar-refractivity contribution in [3.05, 3.63) is 59.7 Å². The number of hydrogen-bond acceptors (Lipinski definition) is 4. The van der Waals surface area contributed by atoms with E-state index in [0.29, 0.717) is 25.5 Å². The maximum Gasteiger partial charge on any atom is 0.238 e. The highest BCUT2D eigenvalue weighted by Crippen LogP contribution is 2.31. The zero-order valence-corrected chi connectivity index (χ0v) is 16.3. The molecule has 0 aliphatic carbocycles. The van der Waals surface area contributed by atoms with Gasteiger partial charge in [0.05, 0.1) is 4.90 Å². The van der Waals surface area contributed by atoms with Crippen LogP contribution < -0.4 is 21.1 Å². The monoisotopic (exact) mass is 401 g/mol. The Morgan fingerprint density at radius 3 is 2.75 bits per heavy atom. The first kappa shape index (κ1) is 19.8. The van der Waals surface area contributed by atoms with E-state index in [4.69, 9.17) is 5.14 Å². The molecule has 1 atom stereocenters. The molecular formula is C19H23N5O3S. The Bertz CT molecular complexity index is 1000. The van der Waals surface area contributed by atoms with Crippen LogP contribution >= 0.6 is 0 Å². The van der Waals surface area contributed by atoms with Crippen molar-refractivity contribution in [3.8, 4) is 0 Å². The minimum Gasteiger partial charge on any atom is -0.356 e. The molecule has 1 unspecified atom stereocenters. The van der Waals surface area contributed by atoms with Gasteiger partial charge < -0.3 is 16.0 Å². The number of benzene rings is 2. The SMILES string of the molecule is CN=C(NCc1cccc(S(N)(=O)=O)c1)NCC1CC(=O)Nc2ccccc21. The van der Waals surface area contributed by atoms with Crippen molar-refractivity contribution in [1.82, 2.24) is 10.6 Å². The van der Waals surface area contributed by atoms with Crippen LogP contribution in [0.4, 0.5) is 5.69 Å². The van der Waals surface area contributed by atoms with Crippen LogP contribution in [0, 0.1) is 0 Å². The molecule has 0 radical (unpaired) electrons. The van der Waals surface area contributed by atoms with E-state index in [2.05, 4.69) is 20.9 Å². The molecule has 0 bridgehead atoms. The Balaban J connectivity index is 1.61. The van der Waals surface area contributed by atoms with Gasteiger partial charge in [-0.2, -0.15) is 0 Å². The van der Waals surface area contributed by atoms with Crippen molar-refractivity contribution in [2.45, 2.75) is 23.8 Å². The maximum absolute atomic E-state index is 11.9. The number of nitrogens with two attached hydrogens (primary N) is 1. The van der Waals surface area contributed by atoms with Crippen molar-refractivity contribution < 1.29 is 13.2 Å². The van der Waals surface area contributed by atoms with Crippen molar-refractivity contribution in [1.29, 1.82) is 0 Å². The summed E-state index contributed by atoms with van der Waals surface area (Å²) in [6, 6.07) is 14.2. The van der Waals surface area contributed by atoms with Gasteiger partial charge in [0.1, 0.15) is 0 Å². The van der Waals surface area contributed by atoms with Gasteiger partial charge in [0.15, 0.2) is 5.96 Å². The number of nitrogens with one attached hydrogen (secondary N) is 3. The molecule has 0 saturated carbocycles. The minimum atomic E-state index is -3.74.